The summed E-state index contributed by atoms with van der Waals surface area (Å²) in [5.74, 6) is 0. The lowest BCUT2D eigenvalue weighted by Crippen LogP contribution is -2.44. The molecule has 2 rings (SSSR count). The lowest BCUT2D eigenvalue weighted by atomic mass is 9.81. The Balaban J connectivity index is 1.79. The third kappa shape index (κ3) is 4.54. The van der Waals surface area contributed by atoms with Gasteiger partial charge in [0.1, 0.15) is 6.29 Å². The first-order valence-electron chi connectivity index (χ1n) is 8.19. The van der Waals surface area contributed by atoms with Crippen molar-refractivity contribution < 1.29 is 14.6 Å². The average molecular weight is 283 g/mol. The van der Waals surface area contributed by atoms with E-state index >= 15 is 0 Å². The van der Waals surface area contributed by atoms with Gasteiger partial charge in [0.15, 0.2) is 0 Å². The number of carbonyl (C=O) groups excluding carboxylic acids is 1. The predicted octanol–water partition coefficient (Wildman–Crippen LogP) is 2.00. The number of hydrogen-bond donors (Lipinski definition) is 1. The van der Waals surface area contributed by atoms with Crippen LogP contribution in [-0.4, -0.2) is 55.2 Å². The van der Waals surface area contributed by atoms with Gasteiger partial charge in [-0.3, -0.25) is 0 Å². The lowest BCUT2D eigenvalue weighted by molar-refractivity contribution is -0.118. The third-order valence-corrected chi connectivity index (χ3v) is 4.87. The molecule has 0 radical (unpaired) electrons. The summed E-state index contributed by atoms with van der Waals surface area (Å²) in [6.07, 6.45) is 10.7. The molecule has 2 aliphatic rings. The van der Waals surface area contributed by atoms with E-state index in [1.165, 1.54) is 32.0 Å². The van der Waals surface area contributed by atoms with Crippen LogP contribution >= 0.6 is 0 Å². The van der Waals surface area contributed by atoms with E-state index in [-0.39, 0.29) is 12.0 Å². The number of ether oxygens (including phenoxy) is 1. The number of piperidine rings is 1. The van der Waals surface area contributed by atoms with Crippen molar-refractivity contribution >= 4 is 6.29 Å². The molecule has 0 bridgehead atoms. The molecule has 20 heavy (non-hydrogen) atoms. The van der Waals surface area contributed by atoms with Crippen molar-refractivity contribution in [3.05, 3.63) is 0 Å². The minimum atomic E-state index is -0.0880. The zero-order valence-corrected chi connectivity index (χ0v) is 12.6. The van der Waals surface area contributed by atoms with Crippen molar-refractivity contribution in [3.63, 3.8) is 0 Å². The second-order valence-corrected chi connectivity index (χ2v) is 6.46. The molecular weight excluding hydrogens is 254 g/mol. The summed E-state index contributed by atoms with van der Waals surface area (Å²) in [6.45, 7) is 3.53. The van der Waals surface area contributed by atoms with Crippen molar-refractivity contribution in [3.8, 4) is 0 Å². The molecule has 1 heterocycles. The molecule has 1 saturated carbocycles. The Hall–Kier alpha value is -0.450. The van der Waals surface area contributed by atoms with Crippen LogP contribution in [0, 0.1) is 5.41 Å². The fourth-order valence-corrected chi connectivity index (χ4v) is 3.64. The van der Waals surface area contributed by atoms with Gasteiger partial charge < -0.3 is 19.5 Å². The molecule has 0 aromatic carbocycles. The van der Waals surface area contributed by atoms with Crippen molar-refractivity contribution in [1.82, 2.24) is 4.90 Å². The van der Waals surface area contributed by atoms with Crippen LogP contribution in [0.1, 0.15) is 51.4 Å². The SMILES string of the molecule is O=CC1(CN2CCC(OCCO)CC2)CCCCCC1. The molecule has 116 valence electrons. The highest BCUT2D eigenvalue weighted by atomic mass is 16.5. The molecule has 0 aromatic heterocycles. The van der Waals surface area contributed by atoms with Crippen molar-refractivity contribution in [1.29, 1.82) is 0 Å². The highest BCUT2D eigenvalue weighted by molar-refractivity contribution is 5.59. The van der Waals surface area contributed by atoms with Crippen LogP contribution in [0.3, 0.4) is 0 Å². The highest BCUT2D eigenvalue weighted by Crippen LogP contribution is 2.34. The van der Waals surface area contributed by atoms with E-state index in [4.69, 9.17) is 9.84 Å². The zero-order valence-electron chi connectivity index (χ0n) is 12.6. The molecule has 4 nitrogen and oxygen atoms in total. The Bertz CT molecular complexity index is 279. The molecule has 0 unspecified atom stereocenters. The second-order valence-electron chi connectivity index (χ2n) is 6.46. The van der Waals surface area contributed by atoms with Gasteiger partial charge >= 0.3 is 0 Å². The second kappa shape index (κ2) is 8.11. The van der Waals surface area contributed by atoms with Crippen molar-refractivity contribution in [2.45, 2.75) is 57.5 Å². The molecule has 0 aromatic rings. The van der Waals surface area contributed by atoms with Gasteiger partial charge in [-0.1, -0.05) is 25.7 Å². The quantitative estimate of drug-likeness (QED) is 0.598. The summed E-state index contributed by atoms with van der Waals surface area (Å²) in [5, 5.41) is 8.78. The number of aliphatic hydroxyl groups is 1. The number of likely N-dealkylation sites (tertiary alicyclic amines) is 1. The summed E-state index contributed by atoms with van der Waals surface area (Å²) in [7, 11) is 0. The van der Waals surface area contributed by atoms with Crippen molar-refractivity contribution in [2.24, 2.45) is 5.41 Å². The predicted molar refractivity (Wildman–Crippen MR) is 78.7 cm³/mol. The smallest absolute Gasteiger partial charge is 0.127 e. The number of aldehydes is 1. The van der Waals surface area contributed by atoms with Crippen LogP contribution in [0.25, 0.3) is 0 Å². The first-order valence-corrected chi connectivity index (χ1v) is 8.19. The molecule has 1 aliphatic carbocycles. The standard InChI is InChI=1S/C16H29NO3/c18-11-12-20-15-5-9-17(10-6-15)13-16(14-19)7-3-1-2-4-8-16/h14-15,18H,1-13H2. The van der Waals surface area contributed by atoms with E-state index in [9.17, 15) is 4.79 Å². The Kier molecular flexibility index (Phi) is 6.46. The van der Waals surface area contributed by atoms with Gasteiger partial charge in [-0.15, -0.1) is 0 Å². The average Bonchev–Trinajstić information content (AvgIpc) is 2.73. The largest absolute Gasteiger partial charge is 0.394 e. The van der Waals surface area contributed by atoms with E-state index in [2.05, 4.69) is 4.90 Å². The van der Waals surface area contributed by atoms with E-state index in [0.29, 0.717) is 12.7 Å². The summed E-state index contributed by atoms with van der Waals surface area (Å²) in [4.78, 5) is 14.1. The molecule has 1 N–H and O–H groups in total. The Morgan fingerprint density at radius 2 is 1.80 bits per heavy atom. The van der Waals surface area contributed by atoms with Gasteiger partial charge in [-0.05, 0) is 25.7 Å². The van der Waals surface area contributed by atoms with Gasteiger partial charge in [0.05, 0.1) is 19.3 Å². The third-order valence-electron chi connectivity index (χ3n) is 4.87. The number of aliphatic hydroxyl groups excluding tert-OH is 1. The minimum Gasteiger partial charge on any atom is -0.394 e. The minimum absolute atomic E-state index is 0.0880. The first-order chi connectivity index (χ1) is 9.78. The molecular formula is C16H29NO3. The fraction of sp³-hybridized carbons (Fsp3) is 0.938. The van der Waals surface area contributed by atoms with E-state index < -0.39 is 0 Å². The van der Waals surface area contributed by atoms with Crippen LogP contribution in [0.2, 0.25) is 0 Å². The zero-order chi connectivity index (χ0) is 14.3. The van der Waals surface area contributed by atoms with Crippen LogP contribution < -0.4 is 0 Å². The normalized spacial score (nSPS) is 25.2. The van der Waals surface area contributed by atoms with Gasteiger partial charge in [-0.2, -0.15) is 0 Å². The monoisotopic (exact) mass is 283 g/mol. The maximum absolute atomic E-state index is 11.6. The Morgan fingerprint density at radius 1 is 1.15 bits per heavy atom. The van der Waals surface area contributed by atoms with E-state index in [1.54, 1.807) is 0 Å². The van der Waals surface area contributed by atoms with E-state index in [1.807, 2.05) is 0 Å². The number of hydrogen-bond acceptors (Lipinski definition) is 4. The number of carbonyl (C=O) groups is 1. The van der Waals surface area contributed by atoms with Gasteiger partial charge in [0, 0.05) is 25.0 Å². The summed E-state index contributed by atoms with van der Waals surface area (Å²) < 4.78 is 5.60. The van der Waals surface area contributed by atoms with Crippen LogP contribution in [0.15, 0.2) is 0 Å². The molecule has 4 heteroatoms. The topological polar surface area (TPSA) is 49.8 Å². The Labute approximate surface area is 122 Å². The van der Waals surface area contributed by atoms with Crippen molar-refractivity contribution in [2.75, 3.05) is 32.8 Å². The van der Waals surface area contributed by atoms with Gasteiger partial charge in [-0.25, -0.2) is 0 Å². The van der Waals surface area contributed by atoms with Crippen LogP contribution in [-0.2, 0) is 9.53 Å². The van der Waals surface area contributed by atoms with Gasteiger partial charge in [0.2, 0.25) is 0 Å². The number of rotatable bonds is 6. The van der Waals surface area contributed by atoms with Gasteiger partial charge in [0.25, 0.3) is 0 Å². The molecule has 2 fully saturated rings. The molecule has 0 spiro atoms. The van der Waals surface area contributed by atoms with Crippen LogP contribution in [0.5, 0.6) is 0 Å². The molecule has 1 aliphatic heterocycles. The highest BCUT2D eigenvalue weighted by Gasteiger charge is 2.33. The summed E-state index contributed by atoms with van der Waals surface area (Å²) in [5.41, 5.74) is -0.0880. The first kappa shape index (κ1) is 15.9. The van der Waals surface area contributed by atoms with Crippen LogP contribution in [0.4, 0.5) is 0 Å². The Morgan fingerprint density at radius 3 is 2.35 bits per heavy atom. The molecule has 1 saturated heterocycles. The lowest BCUT2D eigenvalue weighted by Gasteiger charge is -2.37. The summed E-state index contributed by atoms with van der Waals surface area (Å²) in [6, 6.07) is 0. The fourth-order valence-electron chi connectivity index (χ4n) is 3.64. The maximum atomic E-state index is 11.6. The van der Waals surface area contributed by atoms with E-state index in [0.717, 1.165) is 45.3 Å². The molecule has 0 amide bonds. The molecule has 0 atom stereocenters. The maximum Gasteiger partial charge on any atom is 0.127 e. The summed E-state index contributed by atoms with van der Waals surface area (Å²) >= 11 is 0. The number of nitrogens with zero attached hydrogens (tertiary/aromatic N) is 1.